The molecule has 2 heterocycles. The molecule has 1 unspecified atom stereocenters. The molecule has 0 radical (unpaired) electrons. The highest BCUT2D eigenvalue weighted by molar-refractivity contribution is 6.42. The van der Waals surface area contributed by atoms with Crippen molar-refractivity contribution in [3.8, 4) is 0 Å². The van der Waals surface area contributed by atoms with Crippen LogP contribution in [-0.2, 0) is 14.3 Å². The van der Waals surface area contributed by atoms with Gasteiger partial charge in [0.15, 0.2) is 0 Å². The van der Waals surface area contributed by atoms with Gasteiger partial charge in [0.1, 0.15) is 0 Å². The van der Waals surface area contributed by atoms with Gasteiger partial charge in [0, 0.05) is 5.92 Å². The average molecular weight is 315 g/mol. The zero-order valence-electron chi connectivity index (χ0n) is 11.1. The SMILES string of the molecule is COC(=O)[C@@H]1[C@@H]2CCC(C[C@H]1c1ccc(Cl)c(Cl)c1)O2. The Kier molecular flexibility index (Phi) is 3.93. The quantitative estimate of drug-likeness (QED) is 0.778. The summed E-state index contributed by atoms with van der Waals surface area (Å²) >= 11 is 12.1. The number of esters is 1. The maximum atomic E-state index is 12.1. The van der Waals surface area contributed by atoms with Crippen LogP contribution in [0.4, 0.5) is 0 Å². The van der Waals surface area contributed by atoms with Crippen molar-refractivity contribution in [1.29, 1.82) is 0 Å². The lowest BCUT2D eigenvalue weighted by atomic mass is 9.79. The third-order valence-electron chi connectivity index (χ3n) is 4.34. The standard InChI is InChI=1S/C15H16Cl2O3/c1-19-15(18)14-10(7-9-3-5-13(14)20-9)8-2-4-11(16)12(17)6-8/h2,4,6,9-10,13-14H,3,5,7H2,1H3/t9?,10-,13-,14-/m0/s1. The summed E-state index contributed by atoms with van der Waals surface area (Å²) in [5, 5.41) is 1.05. The van der Waals surface area contributed by atoms with Crippen molar-refractivity contribution in [2.45, 2.75) is 37.4 Å². The number of fused-ring (bicyclic) bond motifs is 2. The molecule has 5 heteroatoms. The fraction of sp³-hybridized carbons (Fsp3) is 0.533. The summed E-state index contributed by atoms with van der Waals surface area (Å²) in [6, 6.07) is 5.58. The van der Waals surface area contributed by atoms with Crippen LogP contribution >= 0.6 is 23.2 Å². The van der Waals surface area contributed by atoms with Crippen molar-refractivity contribution in [3.63, 3.8) is 0 Å². The molecule has 4 atom stereocenters. The van der Waals surface area contributed by atoms with Crippen LogP contribution in [0, 0.1) is 5.92 Å². The molecule has 0 spiro atoms. The number of ether oxygens (including phenoxy) is 2. The lowest BCUT2D eigenvalue weighted by Crippen LogP contribution is -2.39. The van der Waals surface area contributed by atoms with E-state index in [1.807, 2.05) is 12.1 Å². The predicted octanol–water partition coefficient (Wildman–Crippen LogP) is 3.82. The molecule has 0 N–H and O–H groups in total. The fourth-order valence-corrected chi connectivity index (χ4v) is 3.71. The topological polar surface area (TPSA) is 35.5 Å². The summed E-state index contributed by atoms with van der Waals surface area (Å²) in [4.78, 5) is 12.1. The van der Waals surface area contributed by atoms with E-state index in [0.29, 0.717) is 10.0 Å². The zero-order valence-corrected chi connectivity index (χ0v) is 12.7. The van der Waals surface area contributed by atoms with Gasteiger partial charge in [-0.3, -0.25) is 4.79 Å². The summed E-state index contributed by atoms with van der Waals surface area (Å²) < 4.78 is 10.8. The van der Waals surface area contributed by atoms with Crippen molar-refractivity contribution in [3.05, 3.63) is 33.8 Å². The Hall–Kier alpha value is -0.770. The second-order valence-electron chi connectivity index (χ2n) is 5.44. The molecule has 2 bridgehead atoms. The predicted molar refractivity (Wildman–Crippen MR) is 77.2 cm³/mol. The second-order valence-corrected chi connectivity index (χ2v) is 6.25. The Morgan fingerprint density at radius 2 is 2.10 bits per heavy atom. The molecular formula is C15H16Cl2O3. The van der Waals surface area contributed by atoms with E-state index in [4.69, 9.17) is 32.7 Å². The first kappa shape index (κ1) is 14.2. The molecule has 20 heavy (non-hydrogen) atoms. The Labute approximate surface area is 128 Å². The van der Waals surface area contributed by atoms with Crippen molar-refractivity contribution in [1.82, 2.24) is 0 Å². The highest BCUT2D eigenvalue weighted by atomic mass is 35.5. The van der Waals surface area contributed by atoms with Gasteiger partial charge in [-0.1, -0.05) is 29.3 Å². The molecule has 3 nitrogen and oxygen atoms in total. The minimum atomic E-state index is -0.254. The third kappa shape index (κ3) is 2.43. The number of rotatable bonds is 2. The van der Waals surface area contributed by atoms with E-state index in [0.717, 1.165) is 24.8 Å². The minimum absolute atomic E-state index is 0.0411. The van der Waals surface area contributed by atoms with Crippen LogP contribution in [0.3, 0.4) is 0 Å². The summed E-state index contributed by atoms with van der Waals surface area (Å²) in [6.07, 6.45) is 2.95. The molecule has 0 aromatic heterocycles. The van der Waals surface area contributed by atoms with E-state index in [9.17, 15) is 4.79 Å². The molecule has 1 aromatic rings. The van der Waals surface area contributed by atoms with Crippen LogP contribution in [0.25, 0.3) is 0 Å². The van der Waals surface area contributed by atoms with Crippen LogP contribution in [0.2, 0.25) is 10.0 Å². The van der Waals surface area contributed by atoms with E-state index in [-0.39, 0.29) is 30.0 Å². The number of carbonyl (C=O) groups is 1. The fourth-order valence-electron chi connectivity index (χ4n) is 3.40. The normalized spacial score (nSPS) is 32.1. The van der Waals surface area contributed by atoms with Crippen LogP contribution < -0.4 is 0 Å². The van der Waals surface area contributed by atoms with Crippen LogP contribution in [0.15, 0.2) is 18.2 Å². The van der Waals surface area contributed by atoms with Gasteiger partial charge in [-0.25, -0.2) is 0 Å². The smallest absolute Gasteiger partial charge is 0.311 e. The Bertz CT molecular complexity index is 532. The molecule has 3 rings (SSSR count). The molecule has 2 aliphatic rings. The maximum absolute atomic E-state index is 12.1. The monoisotopic (exact) mass is 314 g/mol. The van der Waals surface area contributed by atoms with Gasteiger partial charge in [0.25, 0.3) is 0 Å². The first-order valence-corrected chi connectivity index (χ1v) is 7.54. The maximum Gasteiger partial charge on any atom is 0.311 e. The van der Waals surface area contributed by atoms with Crippen LogP contribution in [0.5, 0.6) is 0 Å². The third-order valence-corrected chi connectivity index (χ3v) is 5.08. The van der Waals surface area contributed by atoms with Gasteiger partial charge in [0.2, 0.25) is 0 Å². The molecule has 0 saturated carbocycles. The van der Waals surface area contributed by atoms with Crippen molar-refractivity contribution in [2.24, 2.45) is 5.92 Å². The van der Waals surface area contributed by atoms with Crippen molar-refractivity contribution in [2.75, 3.05) is 7.11 Å². The first-order chi connectivity index (χ1) is 9.60. The lowest BCUT2D eigenvalue weighted by molar-refractivity contribution is -0.156. The molecule has 0 aliphatic carbocycles. The van der Waals surface area contributed by atoms with Crippen molar-refractivity contribution >= 4 is 29.2 Å². The molecule has 2 aliphatic heterocycles. The van der Waals surface area contributed by atoms with Gasteiger partial charge >= 0.3 is 5.97 Å². The van der Waals surface area contributed by atoms with E-state index in [1.165, 1.54) is 7.11 Å². The molecule has 2 saturated heterocycles. The summed E-state index contributed by atoms with van der Waals surface area (Å²) in [5.41, 5.74) is 1.04. The number of halogens is 2. The summed E-state index contributed by atoms with van der Waals surface area (Å²) in [7, 11) is 1.43. The highest BCUT2D eigenvalue weighted by Crippen LogP contribution is 2.46. The van der Waals surface area contributed by atoms with Gasteiger partial charge in [-0.05, 0) is 37.0 Å². The molecule has 108 valence electrons. The van der Waals surface area contributed by atoms with Gasteiger partial charge < -0.3 is 9.47 Å². The first-order valence-electron chi connectivity index (χ1n) is 6.78. The number of hydrogen-bond acceptors (Lipinski definition) is 3. The highest BCUT2D eigenvalue weighted by Gasteiger charge is 2.47. The van der Waals surface area contributed by atoms with Crippen LogP contribution in [-0.4, -0.2) is 25.3 Å². The molecule has 1 aromatic carbocycles. The van der Waals surface area contributed by atoms with E-state index >= 15 is 0 Å². The zero-order chi connectivity index (χ0) is 14.3. The Morgan fingerprint density at radius 3 is 2.80 bits per heavy atom. The minimum Gasteiger partial charge on any atom is -0.469 e. The Morgan fingerprint density at radius 1 is 1.30 bits per heavy atom. The Balaban J connectivity index is 1.96. The number of methoxy groups -OCH3 is 1. The number of hydrogen-bond donors (Lipinski definition) is 0. The summed E-state index contributed by atoms with van der Waals surface area (Å²) in [6.45, 7) is 0. The van der Waals surface area contributed by atoms with Gasteiger partial charge in [-0.2, -0.15) is 0 Å². The number of carbonyl (C=O) groups excluding carboxylic acids is 1. The second kappa shape index (κ2) is 5.55. The van der Waals surface area contributed by atoms with Crippen molar-refractivity contribution < 1.29 is 14.3 Å². The van der Waals surface area contributed by atoms with Gasteiger partial charge in [0.05, 0.1) is 35.3 Å². The molecular weight excluding hydrogens is 299 g/mol. The van der Waals surface area contributed by atoms with Gasteiger partial charge in [-0.15, -0.1) is 0 Å². The van der Waals surface area contributed by atoms with E-state index in [2.05, 4.69) is 0 Å². The van der Waals surface area contributed by atoms with Crippen LogP contribution in [0.1, 0.15) is 30.7 Å². The lowest BCUT2D eigenvalue weighted by Gasteiger charge is -2.35. The molecule has 0 amide bonds. The number of benzene rings is 1. The van der Waals surface area contributed by atoms with E-state index in [1.54, 1.807) is 6.07 Å². The largest absolute Gasteiger partial charge is 0.469 e. The summed E-state index contributed by atoms with van der Waals surface area (Å²) in [5.74, 6) is -0.370. The molecule has 2 fully saturated rings. The van der Waals surface area contributed by atoms with E-state index < -0.39 is 0 Å². The average Bonchev–Trinajstić information content (AvgIpc) is 2.82.